The molecule has 174 valence electrons. The summed E-state index contributed by atoms with van der Waals surface area (Å²) in [6, 6.07) is 16.8. The molecule has 2 aromatic rings. The highest BCUT2D eigenvalue weighted by Gasteiger charge is 2.20. The molecule has 0 aliphatic rings. The van der Waals surface area contributed by atoms with E-state index in [0.717, 1.165) is 29.6 Å². The monoisotopic (exact) mass is 437 g/mol. The number of likely N-dealkylation sites (N-methyl/N-ethyl adjacent to an activating group) is 1. The van der Waals surface area contributed by atoms with Gasteiger partial charge in [-0.3, -0.25) is 9.59 Å². The van der Waals surface area contributed by atoms with Crippen LogP contribution in [0.5, 0.6) is 0 Å². The lowest BCUT2D eigenvalue weighted by atomic mass is 10.0. The molecular formula is C28H41N2O2+. The van der Waals surface area contributed by atoms with Crippen molar-refractivity contribution in [3.05, 3.63) is 65.7 Å². The Morgan fingerprint density at radius 2 is 1.41 bits per heavy atom. The van der Waals surface area contributed by atoms with Gasteiger partial charge in [-0.25, -0.2) is 0 Å². The van der Waals surface area contributed by atoms with E-state index >= 15 is 0 Å². The molecule has 2 aromatic carbocycles. The molecule has 0 aromatic heterocycles. The summed E-state index contributed by atoms with van der Waals surface area (Å²) in [5.74, 6) is 0.134. The van der Waals surface area contributed by atoms with E-state index in [2.05, 4.69) is 28.1 Å². The normalized spacial score (nSPS) is 11.4. The van der Waals surface area contributed by atoms with Gasteiger partial charge in [0.25, 0.3) is 0 Å². The third-order valence-corrected chi connectivity index (χ3v) is 5.75. The van der Waals surface area contributed by atoms with Crippen molar-refractivity contribution in [2.45, 2.75) is 58.3 Å². The number of nitrogens with zero attached hydrogens (tertiary/aromatic N) is 2. The number of hydrogen-bond acceptors (Lipinski definition) is 2. The van der Waals surface area contributed by atoms with Gasteiger partial charge in [0.1, 0.15) is 0 Å². The van der Waals surface area contributed by atoms with Crippen LogP contribution in [0.15, 0.2) is 54.6 Å². The first-order valence-corrected chi connectivity index (χ1v) is 12.1. The fraction of sp³-hybridized carbons (Fsp3) is 0.500. The van der Waals surface area contributed by atoms with Crippen molar-refractivity contribution in [3.63, 3.8) is 0 Å². The molecule has 0 fully saturated rings. The van der Waals surface area contributed by atoms with Gasteiger partial charge >= 0.3 is 0 Å². The smallest absolute Gasteiger partial charge is 0.227 e. The van der Waals surface area contributed by atoms with Gasteiger partial charge in [0.15, 0.2) is 5.78 Å². The van der Waals surface area contributed by atoms with Crippen LogP contribution < -0.4 is 4.90 Å². The molecule has 0 N–H and O–H groups in total. The number of benzene rings is 2. The van der Waals surface area contributed by atoms with Gasteiger partial charge in [-0.1, -0.05) is 87.9 Å². The molecule has 0 unspecified atom stereocenters. The SMILES string of the molecule is CCCCCCCCCC(=O)N(CC[N+](C)(C)C)c1cccc(C(=O)c2ccccc2)c1. The number of carbonyl (C=O) groups excluding carboxylic acids is 2. The second-order valence-corrected chi connectivity index (χ2v) is 9.68. The lowest BCUT2D eigenvalue weighted by Gasteiger charge is -2.29. The number of quaternary nitrogens is 1. The highest BCUT2D eigenvalue weighted by Crippen LogP contribution is 2.21. The van der Waals surface area contributed by atoms with Gasteiger partial charge in [-0.05, 0) is 18.6 Å². The maximum absolute atomic E-state index is 13.2. The molecule has 0 radical (unpaired) electrons. The van der Waals surface area contributed by atoms with Crippen LogP contribution in [0.4, 0.5) is 5.69 Å². The van der Waals surface area contributed by atoms with Crippen LogP contribution in [0, 0.1) is 0 Å². The predicted octanol–water partition coefficient (Wildman–Crippen LogP) is 6.10. The molecule has 0 aliphatic heterocycles. The highest BCUT2D eigenvalue weighted by molar-refractivity contribution is 6.09. The zero-order valence-electron chi connectivity index (χ0n) is 20.5. The Morgan fingerprint density at radius 1 is 0.781 bits per heavy atom. The zero-order chi connectivity index (χ0) is 23.4. The van der Waals surface area contributed by atoms with Gasteiger partial charge in [-0.15, -0.1) is 0 Å². The Hall–Kier alpha value is -2.46. The van der Waals surface area contributed by atoms with E-state index in [1.807, 2.05) is 59.5 Å². The number of anilines is 1. The van der Waals surface area contributed by atoms with E-state index < -0.39 is 0 Å². The molecule has 32 heavy (non-hydrogen) atoms. The standard InChI is InChI=1S/C28H41N2O2/c1-5-6-7-8-9-10-14-20-27(31)29(21-22-30(2,3)4)26-19-15-18-25(23-26)28(32)24-16-12-11-13-17-24/h11-13,15-19,23H,5-10,14,20-22H2,1-4H3/q+1. The largest absolute Gasteiger partial charge is 0.329 e. The highest BCUT2D eigenvalue weighted by atomic mass is 16.2. The second-order valence-electron chi connectivity index (χ2n) is 9.68. The molecule has 0 heterocycles. The minimum Gasteiger partial charge on any atom is -0.329 e. The number of carbonyl (C=O) groups is 2. The van der Waals surface area contributed by atoms with Crippen molar-refractivity contribution >= 4 is 17.4 Å². The van der Waals surface area contributed by atoms with E-state index in [9.17, 15) is 9.59 Å². The van der Waals surface area contributed by atoms with E-state index in [1.165, 1.54) is 32.1 Å². The summed E-state index contributed by atoms with van der Waals surface area (Å²) in [6.07, 6.45) is 8.90. The molecule has 4 nitrogen and oxygen atoms in total. The minimum atomic E-state index is -0.0152. The van der Waals surface area contributed by atoms with E-state index in [0.29, 0.717) is 24.1 Å². The van der Waals surface area contributed by atoms with Crippen LogP contribution in [-0.4, -0.2) is 50.4 Å². The first kappa shape index (κ1) is 25.8. The quantitative estimate of drug-likeness (QED) is 0.203. The van der Waals surface area contributed by atoms with E-state index in [4.69, 9.17) is 0 Å². The van der Waals surface area contributed by atoms with E-state index in [-0.39, 0.29) is 11.7 Å². The van der Waals surface area contributed by atoms with Gasteiger partial charge in [0.05, 0.1) is 34.2 Å². The molecule has 0 bridgehead atoms. The summed E-state index contributed by atoms with van der Waals surface area (Å²) in [7, 11) is 6.40. The predicted molar refractivity (Wildman–Crippen MR) is 134 cm³/mol. The molecule has 0 saturated heterocycles. The minimum absolute atomic E-state index is 0.0152. The molecule has 0 saturated carbocycles. The molecule has 4 heteroatoms. The van der Waals surface area contributed by atoms with Crippen molar-refractivity contribution < 1.29 is 14.1 Å². The lowest BCUT2D eigenvalue weighted by Crippen LogP contribution is -2.44. The van der Waals surface area contributed by atoms with Crippen molar-refractivity contribution in [2.24, 2.45) is 0 Å². The van der Waals surface area contributed by atoms with Crippen LogP contribution in [0.1, 0.15) is 74.2 Å². The summed E-state index contributed by atoms with van der Waals surface area (Å²) in [6.45, 7) is 3.72. The second kappa shape index (κ2) is 13.2. The number of ketones is 1. The molecular weight excluding hydrogens is 396 g/mol. The van der Waals surface area contributed by atoms with Crippen LogP contribution >= 0.6 is 0 Å². The molecule has 0 aliphatic carbocycles. The van der Waals surface area contributed by atoms with Crippen molar-refractivity contribution in [1.29, 1.82) is 0 Å². The lowest BCUT2D eigenvalue weighted by molar-refractivity contribution is -0.868. The van der Waals surface area contributed by atoms with Crippen LogP contribution in [0.25, 0.3) is 0 Å². The number of hydrogen-bond donors (Lipinski definition) is 0. The van der Waals surface area contributed by atoms with Gasteiger partial charge < -0.3 is 9.38 Å². The topological polar surface area (TPSA) is 37.4 Å². The van der Waals surface area contributed by atoms with Crippen LogP contribution in [0.2, 0.25) is 0 Å². The Kier molecular flexibility index (Phi) is 10.6. The number of rotatable bonds is 14. The Morgan fingerprint density at radius 3 is 2.06 bits per heavy atom. The maximum Gasteiger partial charge on any atom is 0.227 e. The number of amides is 1. The van der Waals surface area contributed by atoms with Gasteiger partial charge in [-0.2, -0.15) is 0 Å². The average Bonchev–Trinajstić information content (AvgIpc) is 2.78. The molecule has 1 amide bonds. The van der Waals surface area contributed by atoms with E-state index in [1.54, 1.807) is 0 Å². The Balaban J connectivity index is 2.08. The van der Waals surface area contributed by atoms with Gasteiger partial charge in [0.2, 0.25) is 5.91 Å². The molecule has 0 atom stereocenters. The van der Waals surface area contributed by atoms with Crippen molar-refractivity contribution in [2.75, 3.05) is 39.1 Å². The fourth-order valence-corrected chi connectivity index (χ4v) is 3.74. The fourth-order valence-electron chi connectivity index (χ4n) is 3.74. The summed E-state index contributed by atoms with van der Waals surface area (Å²) in [4.78, 5) is 28.0. The van der Waals surface area contributed by atoms with Crippen molar-refractivity contribution in [3.8, 4) is 0 Å². The zero-order valence-corrected chi connectivity index (χ0v) is 20.5. The van der Waals surface area contributed by atoms with Crippen molar-refractivity contribution in [1.82, 2.24) is 0 Å². The average molecular weight is 438 g/mol. The first-order valence-electron chi connectivity index (χ1n) is 12.1. The first-order chi connectivity index (χ1) is 15.3. The number of unbranched alkanes of at least 4 members (excludes halogenated alkanes) is 6. The van der Waals surface area contributed by atoms with Crippen LogP contribution in [0.3, 0.4) is 0 Å². The Labute approximate surface area is 194 Å². The molecule has 0 spiro atoms. The maximum atomic E-state index is 13.2. The summed E-state index contributed by atoms with van der Waals surface area (Å²) in [5, 5.41) is 0. The third-order valence-electron chi connectivity index (χ3n) is 5.75. The molecule has 2 rings (SSSR count). The Bertz CT molecular complexity index is 840. The third kappa shape index (κ3) is 8.96. The van der Waals surface area contributed by atoms with Crippen LogP contribution in [-0.2, 0) is 4.79 Å². The summed E-state index contributed by atoms with van der Waals surface area (Å²) in [5.41, 5.74) is 2.10. The summed E-state index contributed by atoms with van der Waals surface area (Å²) < 4.78 is 0.782. The van der Waals surface area contributed by atoms with Gasteiger partial charge in [0, 0.05) is 23.2 Å². The summed E-state index contributed by atoms with van der Waals surface area (Å²) >= 11 is 0.